The summed E-state index contributed by atoms with van der Waals surface area (Å²) in [6, 6.07) is 9.35. The zero-order valence-corrected chi connectivity index (χ0v) is 13.0. The average molecular weight is 322 g/mol. The lowest BCUT2D eigenvalue weighted by Gasteiger charge is -2.28. The van der Waals surface area contributed by atoms with Gasteiger partial charge in [0.05, 0.1) is 5.69 Å². The number of rotatable bonds is 3. The minimum Gasteiger partial charge on any atom is -0.482 e. The predicted octanol–water partition coefficient (Wildman–Crippen LogP) is 2.37. The second kappa shape index (κ2) is 5.77. The molecule has 0 bridgehead atoms. The third-order valence-electron chi connectivity index (χ3n) is 3.74. The molecule has 1 aliphatic heterocycles. The predicted molar refractivity (Wildman–Crippen MR) is 85.4 cm³/mol. The molecule has 3 heterocycles. The summed E-state index contributed by atoms with van der Waals surface area (Å²) in [5, 5.41) is 3.95. The number of pyridine rings is 1. The number of aryl methyl sites for hydroxylation is 1. The Hall–Kier alpha value is -3.22. The zero-order chi connectivity index (χ0) is 16.5. The van der Waals surface area contributed by atoms with Gasteiger partial charge in [0.2, 0.25) is 11.7 Å². The van der Waals surface area contributed by atoms with Gasteiger partial charge in [0.1, 0.15) is 12.3 Å². The molecule has 0 radical (unpaired) electrons. The molecule has 0 saturated heterocycles. The van der Waals surface area contributed by atoms with E-state index >= 15 is 0 Å². The number of aromatic nitrogens is 3. The minimum absolute atomic E-state index is 0.0000525. The van der Waals surface area contributed by atoms with Crippen LogP contribution in [-0.4, -0.2) is 27.6 Å². The number of hydrogen-bond acceptors (Lipinski definition) is 6. The van der Waals surface area contributed by atoms with Gasteiger partial charge in [-0.25, -0.2) is 0 Å². The van der Waals surface area contributed by atoms with E-state index in [1.165, 1.54) is 0 Å². The molecule has 0 spiro atoms. The molecule has 120 valence electrons. The fourth-order valence-electron chi connectivity index (χ4n) is 2.55. The fraction of sp³-hybridized carbons (Fsp3) is 0.176. The molecule has 7 heteroatoms. The molecule has 0 N–H and O–H groups in total. The van der Waals surface area contributed by atoms with Crippen molar-refractivity contribution < 1.29 is 14.1 Å². The van der Waals surface area contributed by atoms with Crippen molar-refractivity contribution in [1.29, 1.82) is 0 Å². The largest absolute Gasteiger partial charge is 0.482 e. The molecule has 0 atom stereocenters. The van der Waals surface area contributed by atoms with Crippen molar-refractivity contribution in [2.45, 2.75) is 13.5 Å². The van der Waals surface area contributed by atoms with Crippen molar-refractivity contribution in [3.8, 4) is 17.1 Å². The lowest BCUT2D eigenvalue weighted by molar-refractivity contribution is -0.121. The summed E-state index contributed by atoms with van der Waals surface area (Å²) < 4.78 is 10.8. The molecule has 4 rings (SSSR count). The molecular weight excluding hydrogens is 308 g/mol. The van der Waals surface area contributed by atoms with E-state index in [4.69, 9.17) is 9.26 Å². The standard InChI is InChI=1S/C17H14N4O3/c1-11-4-5-13-14(7-11)23-10-16(22)21(13)9-15-19-17(20-24-15)12-3-2-6-18-8-12/h2-8H,9-10H2,1H3. The highest BCUT2D eigenvalue weighted by molar-refractivity contribution is 5.97. The first-order valence-corrected chi connectivity index (χ1v) is 7.47. The first-order chi connectivity index (χ1) is 11.7. The number of carbonyl (C=O) groups is 1. The molecule has 1 aliphatic rings. The Kier molecular flexibility index (Phi) is 3.45. The van der Waals surface area contributed by atoms with E-state index in [-0.39, 0.29) is 19.1 Å². The maximum atomic E-state index is 12.2. The number of nitrogens with zero attached hydrogens (tertiary/aromatic N) is 4. The van der Waals surface area contributed by atoms with Gasteiger partial charge in [-0.1, -0.05) is 11.2 Å². The number of carbonyl (C=O) groups excluding carboxylic acids is 1. The lowest BCUT2D eigenvalue weighted by Crippen LogP contribution is -2.38. The molecule has 3 aromatic rings. The molecule has 0 unspecified atom stereocenters. The highest BCUT2D eigenvalue weighted by atomic mass is 16.5. The summed E-state index contributed by atoms with van der Waals surface area (Å²) in [6.07, 6.45) is 3.34. The maximum absolute atomic E-state index is 12.2. The van der Waals surface area contributed by atoms with E-state index in [0.29, 0.717) is 23.2 Å². The second-order valence-corrected chi connectivity index (χ2v) is 5.49. The van der Waals surface area contributed by atoms with Crippen LogP contribution < -0.4 is 9.64 Å². The van der Waals surface area contributed by atoms with Gasteiger partial charge >= 0.3 is 0 Å². The van der Waals surface area contributed by atoms with Crippen LogP contribution >= 0.6 is 0 Å². The molecule has 0 aliphatic carbocycles. The Morgan fingerprint density at radius 3 is 3.04 bits per heavy atom. The van der Waals surface area contributed by atoms with Crippen molar-refractivity contribution in [3.05, 3.63) is 54.2 Å². The summed E-state index contributed by atoms with van der Waals surface area (Å²) in [4.78, 5) is 22.2. The van der Waals surface area contributed by atoms with Crippen LogP contribution in [0.1, 0.15) is 11.5 Å². The summed E-state index contributed by atoms with van der Waals surface area (Å²) in [6.45, 7) is 2.17. The van der Waals surface area contributed by atoms with Crippen molar-refractivity contribution in [1.82, 2.24) is 15.1 Å². The Balaban J connectivity index is 1.62. The normalized spacial score (nSPS) is 13.5. The van der Waals surface area contributed by atoms with Crippen molar-refractivity contribution >= 4 is 11.6 Å². The van der Waals surface area contributed by atoms with Gasteiger partial charge in [0.25, 0.3) is 5.91 Å². The van der Waals surface area contributed by atoms with Gasteiger partial charge in [0, 0.05) is 18.0 Å². The molecule has 0 fully saturated rings. The molecule has 7 nitrogen and oxygen atoms in total. The van der Waals surface area contributed by atoms with Crippen LogP contribution in [0.2, 0.25) is 0 Å². The van der Waals surface area contributed by atoms with E-state index in [2.05, 4.69) is 15.1 Å². The highest BCUT2D eigenvalue weighted by Gasteiger charge is 2.27. The van der Waals surface area contributed by atoms with Gasteiger partial charge in [0.15, 0.2) is 6.61 Å². The van der Waals surface area contributed by atoms with Crippen molar-refractivity contribution in [2.24, 2.45) is 0 Å². The topological polar surface area (TPSA) is 81.4 Å². The van der Waals surface area contributed by atoms with Crippen molar-refractivity contribution in [2.75, 3.05) is 11.5 Å². The first kappa shape index (κ1) is 14.4. The number of hydrogen-bond donors (Lipinski definition) is 0. The smallest absolute Gasteiger partial charge is 0.265 e. The average Bonchev–Trinajstić information content (AvgIpc) is 3.07. The van der Waals surface area contributed by atoms with Crippen molar-refractivity contribution in [3.63, 3.8) is 0 Å². The highest BCUT2D eigenvalue weighted by Crippen LogP contribution is 2.33. The second-order valence-electron chi connectivity index (χ2n) is 5.49. The van der Waals surface area contributed by atoms with E-state index in [0.717, 1.165) is 11.1 Å². The third-order valence-corrected chi connectivity index (χ3v) is 3.74. The maximum Gasteiger partial charge on any atom is 0.265 e. The number of ether oxygens (including phenoxy) is 1. The number of anilines is 1. The van der Waals surface area contributed by atoms with Crippen LogP contribution in [-0.2, 0) is 11.3 Å². The Labute approximate surface area is 137 Å². The molecule has 0 saturated carbocycles. The first-order valence-electron chi connectivity index (χ1n) is 7.47. The number of fused-ring (bicyclic) bond motifs is 1. The zero-order valence-electron chi connectivity index (χ0n) is 13.0. The molecular formula is C17H14N4O3. The molecule has 24 heavy (non-hydrogen) atoms. The SMILES string of the molecule is Cc1ccc2c(c1)OCC(=O)N2Cc1nc(-c2cccnc2)no1. The summed E-state index contributed by atoms with van der Waals surface area (Å²) in [5.41, 5.74) is 2.54. The van der Waals surface area contributed by atoms with Crippen LogP contribution in [0.5, 0.6) is 5.75 Å². The fourth-order valence-corrected chi connectivity index (χ4v) is 2.55. The van der Waals surface area contributed by atoms with Gasteiger partial charge < -0.3 is 9.26 Å². The third kappa shape index (κ3) is 2.60. The summed E-state index contributed by atoms with van der Waals surface area (Å²) in [5.74, 6) is 1.34. The van der Waals surface area contributed by atoms with E-state index < -0.39 is 0 Å². The molecule has 1 aromatic carbocycles. The van der Waals surface area contributed by atoms with Crippen LogP contribution in [0.15, 0.2) is 47.2 Å². The van der Waals surface area contributed by atoms with Gasteiger partial charge in [-0.2, -0.15) is 4.98 Å². The van der Waals surface area contributed by atoms with E-state index in [1.807, 2.05) is 31.2 Å². The minimum atomic E-state index is -0.146. The quantitative estimate of drug-likeness (QED) is 0.736. The van der Waals surface area contributed by atoms with Gasteiger partial charge in [-0.15, -0.1) is 0 Å². The Bertz CT molecular complexity index is 892. The lowest BCUT2D eigenvalue weighted by atomic mass is 10.1. The van der Waals surface area contributed by atoms with E-state index in [1.54, 1.807) is 23.4 Å². The van der Waals surface area contributed by atoms with Crippen LogP contribution in [0, 0.1) is 6.92 Å². The van der Waals surface area contributed by atoms with E-state index in [9.17, 15) is 4.79 Å². The Morgan fingerprint density at radius 1 is 1.29 bits per heavy atom. The van der Waals surface area contributed by atoms with Gasteiger partial charge in [-0.05, 0) is 36.8 Å². The number of benzene rings is 1. The van der Waals surface area contributed by atoms with Crippen LogP contribution in [0.3, 0.4) is 0 Å². The van der Waals surface area contributed by atoms with Gasteiger partial charge in [-0.3, -0.25) is 14.7 Å². The van der Waals surface area contributed by atoms with Crippen LogP contribution in [0.4, 0.5) is 5.69 Å². The summed E-state index contributed by atoms with van der Waals surface area (Å²) >= 11 is 0. The molecule has 1 amide bonds. The van der Waals surface area contributed by atoms with Crippen LogP contribution in [0.25, 0.3) is 11.4 Å². The molecule has 2 aromatic heterocycles. The summed E-state index contributed by atoms with van der Waals surface area (Å²) in [7, 11) is 0. The number of amides is 1. The monoisotopic (exact) mass is 322 g/mol. The Morgan fingerprint density at radius 2 is 2.21 bits per heavy atom.